The van der Waals surface area contributed by atoms with Crippen LogP contribution in [0.2, 0.25) is 0 Å². The molecule has 1 aliphatic heterocycles. The van der Waals surface area contributed by atoms with Gasteiger partial charge in [0.05, 0.1) is 24.7 Å². The zero-order chi connectivity index (χ0) is 15.8. The lowest BCUT2D eigenvalue weighted by Gasteiger charge is -2.48. The van der Waals surface area contributed by atoms with Gasteiger partial charge in [-0.15, -0.1) is 0 Å². The average Bonchev–Trinajstić information content (AvgIpc) is 3.00. The molecule has 1 saturated carbocycles. The summed E-state index contributed by atoms with van der Waals surface area (Å²) in [7, 11) is 0. The molecule has 0 aromatic carbocycles. The van der Waals surface area contributed by atoms with Crippen LogP contribution in [-0.2, 0) is 4.74 Å². The smallest absolute Gasteiger partial charge is 0.279 e. The molecule has 0 atom stereocenters. The van der Waals surface area contributed by atoms with E-state index in [0.717, 1.165) is 13.0 Å². The van der Waals surface area contributed by atoms with Crippen LogP contribution in [0.25, 0.3) is 4.85 Å². The second-order valence-corrected chi connectivity index (χ2v) is 8.94. The van der Waals surface area contributed by atoms with Crippen molar-refractivity contribution in [1.82, 2.24) is 0 Å². The molecule has 2 fully saturated rings. The zero-order valence-electron chi connectivity index (χ0n) is 14.3. The van der Waals surface area contributed by atoms with E-state index in [2.05, 4.69) is 51.6 Å². The van der Waals surface area contributed by atoms with Gasteiger partial charge in [0.1, 0.15) is 5.41 Å². The molecule has 0 unspecified atom stereocenters. The fourth-order valence-corrected chi connectivity index (χ4v) is 3.30. The van der Waals surface area contributed by atoms with E-state index in [1.165, 1.54) is 12.8 Å². The molecule has 0 radical (unpaired) electrons. The topological polar surface area (TPSA) is 37.4 Å². The number of ether oxygens (including phenoxy) is 1. The zero-order valence-corrected chi connectivity index (χ0v) is 14.3. The van der Waals surface area contributed by atoms with E-state index in [1.54, 1.807) is 0 Å². The van der Waals surface area contributed by atoms with Crippen LogP contribution in [0.1, 0.15) is 60.3 Å². The van der Waals surface area contributed by atoms with Gasteiger partial charge in [0.25, 0.3) is 12.6 Å². The van der Waals surface area contributed by atoms with Gasteiger partial charge in [0, 0.05) is 11.8 Å². The van der Waals surface area contributed by atoms with Crippen molar-refractivity contribution in [1.29, 1.82) is 5.26 Å². The summed E-state index contributed by atoms with van der Waals surface area (Å²) in [6.07, 6.45) is 4.17. The largest absolute Gasteiger partial charge is 0.380 e. The second-order valence-electron chi connectivity index (χ2n) is 8.94. The minimum absolute atomic E-state index is 0.00814. The Labute approximate surface area is 129 Å². The third-order valence-electron chi connectivity index (χ3n) is 5.12. The molecule has 2 aliphatic rings. The Morgan fingerprint density at radius 3 is 2.14 bits per heavy atom. The van der Waals surface area contributed by atoms with Crippen molar-refractivity contribution in [3.8, 4) is 12.1 Å². The van der Waals surface area contributed by atoms with Crippen molar-refractivity contribution in [3.63, 3.8) is 0 Å². The molecule has 1 saturated heterocycles. The molecule has 0 spiro atoms. The molecule has 0 bridgehead atoms. The summed E-state index contributed by atoms with van der Waals surface area (Å²) in [5.74, 6) is 0. The molecule has 1 heterocycles. The lowest BCUT2D eigenvalue weighted by atomic mass is 9.62. The van der Waals surface area contributed by atoms with Gasteiger partial charge >= 0.3 is 0 Å². The monoisotopic (exact) mass is 289 g/mol. The van der Waals surface area contributed by atoms with Crippen LogP contribution in [0.5, 0.6) is 0 Å². The highest BCUT2D eigenvalue weighted by molar-refractivity contribution is 5.17. The molecular formula is C18H29N2O+. The van der Waals surface area contributed by atoms with E-state index in [9.17, 15) is 0 Å². The molecule has 21 heavy (non-hydrogen) atoms. The van der Waals surface area contributed by atoms with E-state index in [0.29, 0.717) is 25.0 Å². The summed E-state index contributed by atoms with van der Waals surface area (Å²) < 4.78 is 5.39. The molecule has 116 valence electrons. The molecule has 3 heteroatoms. The quantitative estimate of drug-likeness (QED) is 0.764. The Morgan fingerprint density at radius 2 is 1.76 bits per heavy atom. The molecule has 3 nitrogen and oxygen atoms in total. The fraction of sp³-hybridized carbons (Fsp3) is 0.889. The molecule has 0 amide bonds. The minimum atomic E-state index is -0.0202. The van der Waals surface area contributed by atoms with Crippen molar-refractivity contribution in [2.45, 2.75) is 60.3 Å². The molecule has 0 aromatic rings. The van der Waals surface area contributed by atoms with Crippen molar-refractivity contribution in [2.24, 2.45) is 21.7 Å². The predicted octanol–water partition coefficient (Wildman–Crippen LogP) is 4.49. The average molecular weight is 289 g/mol. The standard InChI is InChI=1S/C18H29N2O/c1-15(2,3)10-17(6-7-17)12-20-11-16(4,5)18(8-9-19)13-21-14-18/h6-8,10-11,13-14H2,1-5H3/q+1. The Hall–Kier alpha value is -1.06. The Balaban J connectivity index is 2.00. The van der Waals surface area contributed by atoms with Crippen LogP contribution in [0, 0.1) is 39.1 Å². The van der Waals surface area contributed by atoms with Gasteiger partial charge in [-0.3, -0.25) is 0 Å². The van der Waals surface area contributed by atoms with Gasteiger partial charge in [0.15, 0.2) is 0 Å². The highest BCUT2D eigenvalue weighted by Gasteiger charge is 2.54. The maximum Gasteiger partial charge on any atom is 0.279 e. The fourth-order valence-electron chi connectivity index (χ4n) is 3.30. The Kier molecular flexibility index (Phi) is 4.11. The van der Waals surface area contributed by atoms with Gasteiger partial charge in [-0.1, -0.05) is 39.5 Å². The maximum absolute atomic E-state index is 9.07. The lowest BCUT2D eigenvalue weighted by molar-refractivity contribution is -0.167. The third kappa shape index (κ3) is 3.58. The first-order chi connectivity index (χ1) is 9.64. The summed E-state index contributed by atoms with van der Waals surface area (Å²) in [4.78, 5) is 4.68. The van der Waals surface area contributed by atoms with Gasteiger partial charge in [-0.2, -0.15) is 5.26 Å². The first-order valence-corrected chi connectivity index (χ1v) is 8.02. The van der Waals surface area contributed by atoms with Crippen molar-refractivity contribution < 1.29 is 4.74 Å². The molecular weight excluding hydrogens is 260 g/mol. The van der Waals surface area contributed by atoms with E-state index in [1.807, 2.05) is 0 Å². The first-order valence-electron chi connectivity index (χ1n) is 8.02. The number of nitrogens with zero attached hydrogens (tertiary/aromatic N) is 2. The molecule has 2 rings (SSSR count). The lowest BCUT2D eigenvalue weighted by Crippen LogP contribution is -2.54. The minimum Gasteiger partial charge on any atom is -0.380 e. The molecule has 0 aromatic heterocycles. The van der Waals surface area contributed by atoms with E-state index in [-0.39, 0.29) is 16.2 Å². The summed E-state index contributed by atoms with van der Waals surface area (Å²) in [5, 5.41) is 9.07. The van der Waals surface area contributed by atoms with Crippen molar-refractivity contribution >= 4 is 0 Å². The van der Waals surface area contributed by atoms with Crippen LogP contribution in [0.15, 0.2) is 0 Å². The van der Waals surface area contributed by atoms with Crippen LogP contribution < -0.4 is 0 Å². The van der Waals surface area contributed by atoms with Gasteiger partial charge in [0.2, 0.25) is 0 Å². The summed E-state index contributed by atoms with van der Waals surface area (Å²) >= 11 is 0. The Morgan fingerprint density at radius 1 is 1.14 bits per heavy atom. The van der Waals surface area contributed by atoms with Crippen LogP contribution in [0.4, 0.5) is 0 Å². The SMILES string of the molecule is CC(C)(C)CC1(C#[N+]CC(C)(C)C2(CC#N)COC2)CC1. The summed E-state index contributed by atoms with van der Waals surface area (Å²) in [6.45, 7) is 13.4. The first kappa shape index (κ1) is 16.3. The number of hydrogen-bond acceptors (Lipinski definition) is 2. The van der Waals surface area contributed by atoms with Gasteiger partial charge in [-0.25, -0.2) is 0 Å². The molecule has 0 N–H and O–H groups in total. The van der Waals surface area contributed by atoms with Crippen LogP contribution in [-0.4, -0.2) is 19.8 Å². The van der Waals surface area contributed by atoms with E-state index in [4.69, 9.17) is 10.00 Å². The predicted molar refractivity (Wildman–Crippen MR) is 85.1 cm³/mol. The number of hydrogen-bond donors (Lipinski definition) is 0. The van der Waals surface area contributed by atoms with Gasteiger partial charge < -0.3 is 4.74 Å². The number of rotatable bonds is 4. The normalized spacial score (nSPS) is 22.5. The second kappa shape index (κ2) is 5.29. The number of nitriles is 1. The van der Waals surface area contributed by atoms with Gasteiger partial charge in [-0.05, 0) is 24.7 Å². The summed E-state index contributed by atoms with van der Waals surface area (Å²) in [5.41, 5.74) is 0.532. The third-order valence-corrected chi connectivity index (χ3v) is 5.12. The summed E-state index contributed by atoms with van der Waals surface area (Å²) in [6, 6.07) is 5.77. The van der Waals surface area contributed by atoms with E-state index < -0.39 is 0 Å². The van der Waals surface area contributed by atoms with Crippen molar-refractivity contribution in [2.75, 3.05) is 19.8 Å². The van der Waals surface area contributed by atoms with E-state index >= 15 is 0 Å². The Bertz CT molecular complexity index is 488. The van der Waals surface area contributed by atoms with Crippen LogP contribution >= 0.6 is 0 Å². The van der Waals surface area contributed by atoms with Crippen molar-refractivity contribution in [3.05, 3.63) is 4.85 Å². The maximum atomic E-state index is 9.07. The highest BCUT2D eigenvalue weighted by atomic mass is 16.5. The highest BCUT2D eigenvalue weighted by Crippen LogP contribution is 2.53. The van der Waals surface area contributed by atoms with Crippen LogP contribution in [0.3, 0.4) is 0 Å². The molecule has 1 aliphatic carbocycles.